The van der Waals surface area contributed by atoms with Gasteiger partial charge in [0.05, 0.1) is 17.8 Å². The van der Waals surface area contributed by atoms with Crippen LogP contribution in [0.4, 0.5) is 22.0 Å². The molecule has 0 radical (unpaired) electrons. The van der Waals surface area contributed by atoms with E-state index in [0.717, 1.165) is 0 Å². The Balaban J connectivity index is 2.37. The standard InChI is InChI=1S/C10H10ClFN6O/c1-19-10-16-8(15-9(17-10)18-13)14-7-5(11)3-2-4-6(7)12/h2-4H,13H2,1H3,(H2,14,15,16,17,18). The van der Waals surface area contributed by atoms with Gasteiger partial charge in [-0.1, -0.05) is 17.7 Å². The summed E-state index contributed by atoms with van der Waals surface area (Å²) in [5.41, 5.74) is 2.30. The topological polar surface area (TPSA) is 98.0 Å². The Bertz CT molecular complexity index is 554. The molecule has 0 aliphatic heterocycles. The third-order valence-corrected chi connectivity index (χ3v) is 2.44. The number of nitrogens with two attached hydrogens (primary N) is 1. The Morgan fingerprint density at radius 3 is 2.63 bits per heavy atom. The fourth-order valence-corrected chi connectivity index (χ4v) is 1.51. The van der Waals surface area contributed by atoms with E-state index in [2.05, 4.69) is 25.7 Å². The smallest absolute Gasteiger partial charge is 0.322 e. The van der Waals surface area contributed by atoms with E-state index in [1.165, 1.54) is 25.3 Å². The highest BCUT2D eigenvalue weighted by Gasteiger charge is 2.11. The summed E-state index contributed by atoms with van der Waals surface area (Å²) < 4.78 is 18.5. The van der Waals surface area contributed by atoms with Crippen molar-refractivity contribution >= 4 is 29.2 Å². The van der Waals surface area contributed by atoms with Gasteiger partial charge in [-0.3, -0.25) is 5.43 Å². The van der Waals surface area contributed by atoms with Crippen LogP contribution in [-0.4, -0.2) is 22.1 Å². The van der Waals surface area contributed by atoms with Gasteiger partial charge in [-0.25, -0.2) is 10.2 Å². The number of nitrogens with one attached hydrogen (secondary N) is 2. The number of hydrogen-bond donors (Lipinski definition) is 3. The fraction of sp³-hybridized carbons (Fsp3) is 0.100. The molecule has 1 heterocycles. The highest BCUT2D eigenvalue weighted by molar-refractivity contribution is 6.33. The summed E-state index contributed by atoms with van der Waals surface area (Å²) in [7, 11) is 1.38. The molecule has 9 heteroatoms. The van der Waals surface area contributed by atoms with Crippen LogP contribution in [0, 0.1) is 5.82 Å². The predicted octanol–water partition coefficient (Wildman–Crippen LogP) is 1.70. The van der Waals surface area contributed by atoms with Crippen LogP contribution in [0.15, 0.2) is 18.2 Å². The molecule has 0 fully saturated rings. The van der Waals surface area contributed by atoms with E-state index < -0.39 is 5.82 Å². The molecule has 100 valence electrons. The van der Waals surface area contributed by atoms with Gasteiger partial charge in [-0.05, 0) is 12.1 Å². The number of nitrogen functional groups attached to an aromatic ring is 1. The zero-order chi connectivity index (χ0) is 13.8. The van der Waals surface area contributed by atoms with E-state index in [4.69, 9.17) is 22.2 Å². The quantitative estimate of drug-likeness (QED) is 0.580. The number of halogens is 2. The Labute approximate surface area is 113 Å². The zero-order valence-corrected chi connectivity index (χ0v) is 10.6. The van der Waals surface area contributed by atoms with Crippen molar-refractivity contribution in [3.8, 4) is 6.01 Å². The van der Waals surface area contributed by atoms with Crippen LogP contribution in [0.2, 0.25) is 5.02 Å². The SMILES string of the molecule is COc1nc(NN)nc(Nc2c(F)cccc2Cl)n1. The number of nitrogens with zero attached hydrogens (tertiary/aromatic N) is 3. The van der Waals surface area contributed by atoms with Gasteiger partial charge < -0.3 is 10.1 Å². The van der Waals surface area contributed by atoms with Gasteiger partial charge in [-0.2, -0.15) is 15.0 Å². The van der Waals surface area contributed by atoms with Crippen molar-refractivity contribution in [3.05, 3.63) is 29.0 Å². The molecule has 0 unspecified atom stereocenters. The molecular weight excluding hydrogens is 275 g/mol. The molecule has 1 aromatic heterocycles. The lowest BCUT2D eigenvalue weighted by molar-refractivity contribution is 0.379. The lowest BCUT2D eigenvalue weighted by Crippen LogP contribution is -2.13. The van der Waals surface area contributed by atoms with E-state index >= 15 is 0 Å². The first-order valence-electron chi connectivity index (χ1n) is 5.11. The first-order chi connectivity index (χ1) is 9.13. The van der Waals surface area contributed by atoms with Crippen molar-refractivity contribution in [2.24, 2.45) is 5.84 Å². The fourth-order valence-electron chi connectivity index (χ4n) is 1.30. The van der Waals surface area contributed by atoms with Gasteiger partial charge in [0.25, 0.3) is 0 Å². The summed E-state index contributed by atoms with van der Waals surface area (Å²) in [5, 5.41) is 2.84. The van der Waals surface area contributed by atoms with Crippen molar-refractivity contribution in [3.63, 3.8) is 0 Å². The van der Waals surface area contributed by atoms with Gasteiger partial charge in [0.2, 0.25) is 11.9 Å². The highest BCUT2D eigenvalue weighted by atomic mass is 35.5. The van der Waals surface area contributed by atoms with Crippen molar-refractivity contribution in [1.82, 2.24) is 15.0 Å². The van der Waals surface area contributed by atoms with E-state index in [0.29, 0.717) is 0 Å². The van der Waals surface area contributed by atoms with Gasteiger partial charge >= 0.3 is 6.01 Å². The first kappa shape index (κ1) is 13.2. The number of aromatic nitrogens is 3. The van der Waals surface area contributed by atoms with Crippen molar-refractivity contribution in [1.29, 1.82) is 0 Å². The molecule has 0 bridgehead atoms. The molecule has 0 atom stereocenters. The molecule has 0 aliphatic carbocycles. The van der Waals surface area contributed by atoms with Crippen molar-refractivity contribution in [2.45, 2.75) is 0 Å². The normalized spacial score (nSPS) is 10.1. The minimum absolute atomic E-state index is 0.0258. The maximum atomic E-state index is 13.6. The molecule has 0 aliphatic rings. The Hall–Kier alpha value is -2.19. The molecule has 0 saturated heterocycles. The summed E-state index contributed by atoms with van der Waals surface area (Å²) >= 11 is 5.88. The molecule has 7 nitrogen and oxygen atoms in total. The lowest BCUT2D eigenvalue weighted by Gasteiger charge is -2.09. The van der Waals surface area contributed by atoms with Gasteiger partial charge in [0.1, 0.15) is 5.82 Å². The van der Waals surface area contributed by atoms with Gasteiger partial charge in [0.15, 0.2) is 0 Å². The second kappa shape index (κ2) is 5.63. The number of hydrazine groups is 1. The minimum atomic E-state index is -0.533. The number of anilines is 3. The highest BCUT2D eigenvalue weighted by Crippen LogP contribution is 2.27. The van der Waals surface area contributed by atoms with Crippen LogP contribution in [0.25, 0.3) is 0 Å². The average molecular weight is 285 g/mol. The Morgan fingerprint density at radius 1 is 1.26 bits per heavy atom. The molecule has 1 aromatic carbocycles. The number of hydrogen-bond acceptors (Lipinski definition) is 7. The van der Waals surface area contributed by atoms with Crippen LogP contribution in [0.3, 0.4) is 0 Å². The molecular formula is C10H10ClFN6O. The molecule has 0 spiro atoms. The summed E-state index contributed by atoms with van der Waals surface area (Å²) in [6.45, 7) is 0. The third kappa shape index (κ3) is 2.98. The minimum Gasteiger partial charge on any atom is -0.467 e. The van der Waals surface area contributed by atoms with Crippen LogP contribution < -0.4 is 21.3 Å². The summed E-state index contributed by atoms with van der Waals surface area (Å²) in [5.74, 6) is 4.80. The van der Waals surface area contributed by atoms with Crippen LogP contribution in [0.1, 0.15) is 0 Å². The maximum Gasteiger partial charge on any atom is 0.322 e. The molecule has 2 rings (SSSR count). The largest absolute Gasteiger partial charge is 0.467 e. The Kier molecular flexibility index (Phi) is 3.93. The first-order valence-corrected chi connectivity index (χ1v) is 5.49. The van der Waals surface area contributed by atoms with E-state index in [1.54, 1.807) is 0 Å². The molecule has 19 heavy (non-hydrogen) atoms. The number of rotatable bonds is 4. The number of benzene rings is 1. The van der Waals surface area contributed by atoms with Crippen LogP contribution >= 0.6 is 11.6 Å². The van der Waals surface area contributed by atoms with E-state index in [9.17, 15) is 4.39 Å². The summed E-state index contributed by atoms with van der Waals surface area (Å²) in [4.78, 5) is 11.6. The van der Waals surface area contributed by atoms with Gasteiger partial charge in [-0.15, -0.1) is 0 Å². The van der Waals surface area contributed by atoms with E-state index in [-0.39, 0.29) is 28.6 Å². The summed E-state index contributed by atoms with van der Waals surface area (Å²) in [6, 6.07) is 4.31. The van der Waals surface area contributed by atoms with E-state index in [1.807, 2.05) is 0 Å². The van der Waals surface area contributed by atoms with Crippen LogP contribution in [0.5, 0.6) is 6.01 Å². The molecule has 4 N–H and O–H groups in total. The number of ether oxygens (including phenoxy) is 1. The molecule has 2 aromatic rings. The van der Waals surface area contributed by atoms with Crippen molar-refractivity contribution in [2.75, 3.05) is 17.9 Å². The third-order valence-electron chi connectivity index (χ3n) is 2.13. The second-order valence-electron chi connectivity index (χ2n) is 3.34. The maximum absolute atomic E-state index is 13.6. The number of methoxy groups -OCH3 is 1. The number of para-hydroxylation sites is 1. The molecule has 0 amide bonds. The molecule has 0 saturated carbocycles. The lowest BCUT2D eigenvalue weighted by atomic mass is 10.3. The van der Waals surface area contributed by atoms with Crippen molar-refractivity contribution < 1.29 is 9.13 Å². The second-order valence-corrected chi connectivity index (χ2v) is 3.74. The Morgan fingerprint density at radius 2 is 2.00 bits per heavy atom. The average Bonchev–Trinajstić information content (AvgIpc) is 2.42. The zero-order valence-electron chi connectivity index (χ0n) is 9.82. The summed E-state index contributed by atoms with van der Waals surface area (Å²) in [6.07, 6.45) is 0. The van der Waals surface area contributed by atoms with Crippen LogP contribution in [-0.2, 0) is 0 Å². The predicted molar refractivity (Wildman–Crippen MR) is 68.9 cm³/mol. The monoisotopic (exact) mass is 284 g/mol. The van der Waals surface area contributed by atoms with Gasteiger partial charge in [0, 0.05) is 0 Å².